The number of nitrogens with zero attached hydrogens (tertiary/aromatic N) is 1. The summed E-state index contributed by atoms with van der Waals surface area (Å²) in [6.45, 7) is 0.708. The van der Waals surface area contributed by atoms with Crippen LogP contribution in [0.1, 0.15) is 21.3 Å². The summed E-state index contributed by atoms with van der Waals surface area (Å²) in [6.07, 6.45) is 0. The molecule has 0 radical (unpaired) electrons. The Morgan fingerprint density at radius 3 is 2.58 bits per heavy atom. The van der Waals surface area contributed by atoms with Crippen molar-refractivity contribution in [1.82, 2.24) is 4.90 Å². The topological polar surface area (TPSA) is 20.3 Å². The Hall–Kier alpha value is -1.46. The summed E-state index contributed by atoms with van der Waals surface area (Å²) in [7, 11) is 0. The largest absolute Gasteiger partial charge is 0.322 e. The van der Waals surface area contributed by atoms with Gasteiger partial charge in [0, 0.05) is 38.3 Å². The molecule has 0 bridgehead atoms. The van der Waals surface area contributed by atoms with E-state index in [1.165, 1.54) is 4.88 Å². The highest BCUT2D eigenvalue weighted by Crippen LogP contribution is 2.42. The number of carbonyl (C=O) groups excluding carboxylic acids is 1. The fourth-order valence-electron chi connectivity index (χ4n) is 3.02. The van der Waals surface area contributed by atoms with E-state index >= 15 is 0 Å². The van der Waals surface area contributed by atoms with E-state index in [9.17, 15) is 4.79 Å². The van der Waals surface area contributed by atoms with Crippen LogP contribution in [0.4, 0.5) is 0 Å². The van der Waals surface area contributed by atoms with Gasteiger partial charge in [0.15, 0.2) is 0 Å². The number of thiophene rings is 1. The molecule has 6 heteroatoms. The molecule has 0 spiro atoms. The number of benzene rings is 2. The predicted molar refractivity (Wildman–Crippen MR) is 112 cm³/mol. The average molecular weight is 420 g/mol. The Bertz CT molecular complexity index is 925. The molecule has 26 heavy (non-hydrogen) atoms. The van der Waals surface area contributed by atoms with Gasteiger partial charge in [0.1, 0.15) is 5.37 Å². The predicted octanol–water partition coefficient (Wildman–Crippen LogP) is 6.61. The van der Waals surface area contributed by atoms with Crippen molar-refractivity contribution in [3.8, 4) is 10.4 Å². The van der Waals surface area contributed by atoms with E-state index in [2.05, 4.69) is 11.4 Å². The first-order chi connectivity index (χ1) is 12.6. The highest BCUT2D eigenvalue weighted by molar-refractivity contribution is 7.99. The second kappa shape index (κ2) is 7.65. The molecular formula is C20H15Cl2NOS2. The highest BCUT2D eigenvalue weighted by atomic mass is 35.5. The normalized spacial score (nSPS) is 16.8. The lowest BCUT2D eigenvalue weighted by Crippen LogP contribution is -2.30. The smallest absolute Gasteiger partial charge is 0.255 e. The van der Waals surface area contributed by atoms with Crippen molar-refractivity contribution in [2.75, 3.05) is 12.3 Å². The molecule has 3 aromatic rings. The summed E-state index contributed by atoms with van der Waals surface area (Å²) >= 11 is 15.8. The van der Waals surface area contributed by atoms with E-state index in [4.69, 9.17) is 23.2 Å². The first kappa shape index (κ1) is 17.9. The number of amides is 1. The lowest BCUT2D eigenvalue weighted by molar-refractivity contribution is 0.0760. The summed E-state index contributed by atoms with van der Waals surface area (Å²) in [5.41, 5.74) is 2.76. The summed E-state index contributed by atoms with van der Waals surface area (Å²) in [6, 6.07) is 17.4. The van der Waals surface area contributed by atoms with Crippen molar-refractivity contribution in [2.24, 2.45) is 0 Å². The molecule has 2 aromatic carbocycles. The number of hydrogen-bond acceptors (Lipinski definition) is 3. The van der Waals surface area contributed by atoms with Crippen LogP contribution in [-0.2, 0) is 0 Å². The van der Waals surface area contributed by atoms with Crippen molar-refractivity contribution < 1.29 is 4.79 Å². The third-order valence-electron chi connectivity index (χ3n) is 4.32. The average Bonchev–Trinajstić information content (AvgIpc) is 3.33. The maximum atomic E-state index is 13.1. The maximum absolute atomic E-state index is 13.1. The third-order valence-corrected chi connectivity index (χ3v) is 7.04. The van der Waals surface area contributed by atoms with Gasteiger partial charge in [-0.1, -0.05) is 47.5 Å². The van der Waals surface area contributed by atoms with Gasteiger partial charge < -0.3 is 4.90 Å². The zero-order valence-corrected chi connectivity index (χ0v) is 16.8. The van der Waals surface area contributed by atoms with E-state index in [1.54, 1.807) is 29.2 Å². The minimum atomic E-state index is -0.0794. The molecule has 1 aromatic heterocycles. The summed E-state index contributed by atoms with van der Waals surface area (Å²) in [5.74, 6) is 0.923. The number of hydrogen-bond donors (Lipinski definition) is 0. The van der Waals surface area contributed by atoms with Crippen LogP contribution >= 0.6 is 46.3 Å². The second-order valence-electron chi connectivity index (χ2n) is 5.94. The first-order valence-corrected chi connectivity index (χ1v) is 10.8. The van der Waals surface area contributed by atoms with Crippen LogP contribution in [-0.4, -0.2) is 23.1 Å². The molecule has 1 unspecified atom stereocenters. The monoisotopic (exact) mass is 419 g/mol. The molecule has 1 saturated heterocycles. The van der Waals surface area contributed by atoms with Gasteiger partial charge in [-0.05, 0) is 41.3 Å². The second-order valence-corrected chi connectivity index (χ2v) is 8.92. The Morgan fingerprint density at radius 2 is 1.88 bits per heavy atom. The van der Waals surface area contributed by atoms with Gasteiger partial charge in [0.05, 0.1) is 0 Å². The Morgan fingerprint density at radius 1 is 1.08 bits per heavy atom. The molecular weight excluding hydrogens is 405 g/mol. The minimum absolute atomic E-state index is 0.0312. The van der Waals surface area contributed by atoms with Crippen molar-refractivity contribution in [2.45, 2.75) is 5.37 Å². The minimum Gasteiger partial charge on any atom is -0.322 e. The SMILES string of the molecule is O=C(c1ccc(-c2cccs2)cc1)N1CCSC1c1ccc(Cl)cc1Cl. The maximum Gasteiger partial charge on any atom is 0.255 e. The third kappa shape index (κ3) is 3.52. The molecule has 1 aliphatic rings. The van der Waals surface area contributed by atoms with Gasteiger partial charge in [0.2, 0.25) is 0 Å². The quantitative estimate of drug-likeness (QED) is 0.475. The number of rotatable bonds is 3. The highest BCUT2D eigenvalue weighted by Gasteiger charge is 2.32. The van der Waals surface area contributed by atoms with Crippen molar-refractivity contribution in [3.05, 3.63) is 81.1 Å². The zero-order chi connectivity index (χ0) is 18.1. The molecule has 0 N–H and O–H groups in total. The van der Waals surface area contributed by atoms with Gasteiger partial charge in [0.25, 0.3) is 5.91 Å². The van der Waals surface area contributed by atoms with Crippen molar-refractivity contribution >= 4 is 52.2 Å². The zero-order valence-electron chi connectivity index (χ0n) is 13.7. The number of carbonyl (C=O) groups is 1. The summed E-state index contributed by atoms with van der Waals surface area (Å²) < 4.78 is 0. The van der Waals surface area contributed by atoms with E-state index in [0.717, 1.165) is 16.9 Å². The van der Waals surface area contributed by atoms with E-state index in [-0.39, 0.29) is 11.3 Å². The number of halogens is 2. The first-order valence-electron chi connectivity index (χ1n) is 8.15. The van der Waals surface area contributed by atoms with Crippen LogP contribution in [0.15, 0.2) is 60.0 Å². The summed E-state index contributed by atoms with van der Waals surface area (Å²) in [5, 5.41) is 3.17. The van der Waals surface area contributed by atoms with Gasteiger partial charge in [-0.2, -0.15) is 0 Å². The Balaban J connectivity index is 1.58. The fourth-order valence-corrected chi connectivity index (χ4v) is 5.62. The molecule has 0 aliphatic carbocycles. The molecule has 2 heterocycles. The van der Waals surface area contributed by atoms with E-state index < -0.39 is 0 Å². The Labute approximate surface area is 170 Å². The standard InChI is InChI=1S/C20H15Cl2NOS2/c21-15-7-8-16(17(22)12-15)20-23(9-11-26-20)19(24)14-5-3-13(4-6-14)18-2-1-10-25-18/h1-8,10,12,20H,9,11H2. The Kier molecular flexibility index (Phi) is 5.28. The lowest BCUT2D eigenvalue weighted by Gasteiger charge is -2.25. The van der Waals surface area contributed by atoms with Gasteiger partial charge in [-0.15, -0.1) is 23.1 Å². The van der Waals surface area contributed by atoms with E-state index in [1.807, 2.05) is 47.4 Å². The van der Waals surface area contributed by atoms with Crippen LogP contribution in [0.5, 0.6) is 0 Å². The number of thioether (sulfide) groups is 1. The molecule has 132 valence electrons. The fraction of sp³-hybridized carbons (Fsp3) is 0.150. The van der Waals surface area contributed by atoms with Gasteiger partial charge in [-0.3, -0.25) is 4.79 Å². The van der Waals surface area contributed by atoms with Gasteiger partial charge >= 0.3 is 0 Å². The molecule has 4 rings (SSSR count). The molecule has 1 atom stereocenters. The van der Waals surface area contributed by atoms with Crippen LogP contribution in [0.3, 0.4) is 0 Å². The van der Waals surface area contributed by atoms with E-state index in [0.29, 0.717) is 22.2 Å². The molecule has 1 aliphatic heterocycles. The summed E-state index contributed by atoms with van der Waals surface area (Å²) in [4.78, 5) is 16.1. The van der Waals surface area contributed by atoms with Crippen LogP contribution in [0.25, 0.3) is 10.4 Å². The van der Waals surface area contributed by atoms with Crippen LogP contribution < -0.4 is 0 Å². The van der Waals surface area contributed by atoms with Crippen molar-refractivity contribution in [1.29, 1.82) is 0 Å². The molecule has 1 amide bonds. The molecule has 0 saturated carbocycles. The molecule has 2 nitrogen and oxygen atoms in total. The van der Waals surface area contributed by atoms with Crippen LogP contribution in [0, 0.1) is 0 Å². The van der Waals surface area contributed by atoms with Crippen molar-refractivity contribution in [3.63, 3.8) is 0 Å². The van der Waals surface area contributed by atoms with Gasteiger partial charge in [-0.25, -0.2) is 0 Å². The molecule has 1 fully saturated rings. The van der Waals surface area contributed by atoms with Crippen LogP contribution in [0.2, 0.25) is 10.0 Å². The lowest BCUT2D eigenvalue weighted by atomic mass is 10.1.